The Kier molecular flexibility index (Phi) is 2.69. The molecule has 0 bridgehead atoms. The van der Waals surface area contributed by atoms with Gasteiger partial charge in [-0.15, -0.1) is 0 Å². The standard InChI is InChI=1S/C16H10O8/c1-21-8-4-6-10-9-5(15(19)24-14(10)12(8)22-2)3-7(17)11(18)13(9)23-16(6)20/h3-4,17-18H,1-2H3. The summed E-state index contributed by atoms with van der Waals surface area (Å²) in [5.74, 6) is -0.918. The van der Waals surface area contributed by atoms with Crippen molar-refractivity contribution in [2.75, 3.05) is 14.2 Å². The molecule has 0 atom stereocenters. The van der Waals surface area contributed by atoms with Crippen LogP contribution in [0, 0.1) is 0 Å². The number of hydrogen-bond donors (Lipinski definition) is 2. The van der Waals surface area contributed by atoms with Crippen molar-refractivity contribution >= 4 is 32.7 Å². The topological polar surface area (TPSA) is 119 Å². The summed E-state index contributed by atoms with van der Waals surface area (Å²) in [5.41, 5.74) is -1.88. The Bertz CT molecular complexity index is 1230. The fraction of sp³-hybridized carbons (Fsp3) is 0.125. The van der Waals surface area contributed by atoms with Crippen LogP contribution < -0.4 is 20.7 Å². The predicted octanol–water partition coefficient (Wildman–Crippen LogP) is 1.92. The van der Waals surface area contributed by atoms with E-state index in [4.69, 9.17) is 18.3 Å². The summed E-state index contributed by atoms with van der Waals surface area (Å²) in [6.07, 6.45) is 0. The van der Waals surface area contributed by atoms with Gasteiger partial charge in [-0.3, -0.25) is 0 Å². The summed E-state index contributed by atoms with van der Waals surface area (Å²) in [5, 5.41) is 20.2. The van der Waals surface area contributed by atoms with Crippen LogP contribution in [-0.4, -0.2) is 24.4 Å². The summed E-state index contributed by atoms with van der Waals surface area (Å²) >= 11 is 0. The Hall–Kier alpha value is -3.42. The van der Waals surface area contributed by atoms with Crippen LogP contribution in [0.25, 0.3) is 32.7 Å². The molecule has 0 aliphatic rings. The lowest BCUT2D eigenvalue weighted by Gasteiger charge is -2.14. The zero-order valence-corrected chi connectivity index (χ0v) is 12.5. The van der Waals surface area contributed by atoms with Gasteiger partial charge in [-0.1, -0.05) is 0 Å². The molecule has 0 aliphatic heterocycles. The molecule has 8 nitrogen and oxygen atoms in total. The number of ether oxygens (including phenoxy) is 2. The quantitative estimate of drug-likeness (QED) is 0.325. The summed E-state index contributed by atoms with van der Waals surface area (Å²) in [6, 6.07) is 2.45. The number of rotatable bonds is 2. The molecule has 24 heavy (non-hydrogen) atoms. The first-order valence-corrected chi connectivity index (χ1v) is 6.80. The summed E-state index contributed by atoms with van der Waals surface area (Å²) < 4.78 is 20.8. The zero-order valence-electron chi connectivity index (χ0n) is 12.5. The third-order valence-electron chi connectivity index (χ3n) is 3.94. The summed E-state index contributed by atoms with van der Waals surface area (Å²) in [6.45, 7) is 0. The van der Waals surface area contributed by atoms with Crippen molar-refractivity contribution in [2.24, 2.45) is 0 Å². The molecule has 2 N–H and O–H groups in total. The molecule has 122 valence electrons. The molecule has 4 aromatic rings. The van der Waals surface area contributed by atoms with Gasteiger partial charge in [0.25, 0.3) is 0 Å². The molecule has 0 amide bonds. The lowest BCUT2D eigenvalue weighted by molar-refractivity contribution is 0.352. The van der Waals surface area contributed by atoms with E-state index in [0.717, 1.165) is 6.07 Å². The van der Waals surface area contributed by atoms with Crippen molar-refractivity contribution in [3.8, 4) is 23.0 Å². The van der Waals surface area contributed by atoms with E-state index >= 15 is 0 Å². The number of benzene rings is 2. The third kappa shape index (κ3) is 1.56. The van der Waals surface area contributed by atoms with E-state index < -0.39 is 22.8 Å². The van der Waals surface area contributed by atoms with Crippen LogP contribution in [0.1, 0.15) is 0 Å². The van der Waals surface area contributed by atoms with Crippen LogP contribution in [-0.2, 0) is 0 Å². The van der Waals surface area contributed by atoms with E-state index in [-0.39, 0.29) is 44.2 Å². The zero-order chi connectivity index (χ0) is 17.2. The molecule has 0 spiro atoms. The van der Waals surface area contributed by atoms with E-state index in [9.17, 15) is 19.8 Å². The Morgan fingerprint density at radius 3 is 2.08 bits per heavy atom. The SMILES string of the molecule is COc1cc2c(=O)oc3c(O)c(O)cc4c(=O)oc(c1OC)c2c34. The van der Waals surface area contributed by atoms with Gasteiger partial charge in [0, 0.05) is 10.8 Å². The van der Waals surface area contributed by atoms with Crippen LogP contribution in [0.2, 0.25) is 0 Å². The van der Waals surface area contributed by atoms with Gasteiger partial charge in [-0.05, 0) is 12.1 Å². The first kappa shape index (κ1) is 14.2. The normalized spacial score (nSPS) is 11.6. The van der Waals surface area contributed by atoms with Gasteiger partial charge in [-0.2, -0.15) is 0 Å². The van der Waals surface area contributed by atoms with Crippen molar-refractivity contribution in [2.45, 2.75) is 0 Å². The minimum absolute atomic E-state index is 0.00709. The molecule has 0 saturated carbocycles. The first-order valence-electron chi connectivity index (χ1n) is 6.80. The maximum atomic E-state index is 12.3. The van der Waals surface area contributed by atoms with Gasteiger partial charge in [0.15, 0.2) is 22.7 Å². The van der Waals surface area contributed by atoms with Crippen LogP contribution in [0.4, 0.5) is 0 Å². The fourth-order valence-corrected chi connectivity index (χ4v) is 2.91. The molecule has 2 aromatic carbocycles. The highest BCUT2D eigenvalue weighted by Crippen LogP contribution is 2.44. The van der Waals surface area contributed by atoms with E-state index in [1.165, 1.54) is 20.3 Å². The number of hydrogen-bond acceptors (Lipinski definition) is 8. The van der Waals surface area contributed by atoms with Gasteiger partial charge in [-0.25, -0.2) is 9.59 Å². The van der Waals surface area contributed by atoms with Crippen molar-refractivity contribution in [3.63, 3.8) is 0 Å². The Morgan fingerprint density at radius 1 is 0.875 bits per heavy atom. The smallest absolute Gasteiger partial charge is 0.344 e. The molecule has 8 heteroatoms. The first-order chi connectivity index (χ1) is 11.5. The molecular weight excluding hydrogens is 320 g/mol. The van der Waals surface area contributed by atoms with Crippen molar-refractivity contribution in [1.29, 1.82) is 0 Å². The second kappa shape index (κ2) is 4.54. The predicted molar refractivity (Wildman–Crippen MR) is 83.7 cm³/mol. The van der Waals surface area contributed by atoms with Crippen LogP contribution >= 0.6 is 0 Å². The second-order valence-electron chi connectivity index (χ2n) is 5.14. The Balaban J connectivity index is 2.47. The Labute approximate surface area is 132 Å². The van der Waals surface area contributed by atoms with Crippen LogP contribution in [0.5, 0.6) is 23.0 Å². The molecule has 0 fully saturated rings. The molecule has 0 aliphatic carbocycles. The van der Waals surface area contributed by atoms with Gasteiger partial charge in [0.2, 0.25) is 11.5 Å². The van der Waals surface area contributed by atoms with E-state index in [0.29, 0.717) is 0 Å². The van der Waals surface area contributed by atoms with Gasteiger partial charge in [0.1, 0.15) is 0 Å². The lowest BCUT2D eigenvalue weighted by Crippen LogP contribution is -2.08. The summed E-state index contributed by atoms with van der Waals surface area (Å²) in [7, 11) is 2.74. The van der Waals surface area contributed by atoms with Crippen molar-refractivity contribution in [1.82, 2.24) is 0 Å². The highest BCUT2D eigenvalue weighted by atomic mass is 16.5. The monoisotopic (exact) mass is 330 g/mol. The van der Waals surface area contributed by atoms with E-state index in [1.807, 2.05) is 0 Å². The fourth-order valence-electron chi connectivity index (χ4n) is 2.91. The minimum Gasteiger partial charge on any atom is -0.504 e. The molecule has 2 heterocycles. The second-order valence-corrected chi connectivity index (χ2v) is 5.14. The van der Waals surface area contributed by atoms with Crippen molar-refractivity contribution < 1.29 is 28.5 Å². The molecule has 0 radical (unpaired) electrons. The highest BCUT2D eigenvalue weighted by Gasteiger charge is 2.25. The van der Waals surface area contributed by atoms with Crippen LogP contribution in [0.3, 0.4) is 0 Å². The summed E-state index contributed by atoms with van der Waals surface area (Å²) in [4.78, 5) is 24.6. The molecule has 2 aromatic heterocycles. The minimum atomic E-state index is -0.787. The van der Waals surface area contributed by atoms with E-state index in [2.05, 4.69) is 0 Å². The van der Waals surface area contributed by atoms with Gasteiger partial charge >= 0.3 is 11.3 Å². The third-order valence-corrected chi connectivity index (χ3v) is 3.94. The average molecular weight is 330 g/mol. The number of methoxy groups -OCH3 is 2. The van der Waals surface area contributed by atoms with Gasteiger partial charge < -0.3 is 28.5 Å². The maximum Gasteiger partial charge on any atom is 0.344 e. The maximum absolute atomic E-state index is 12.3. The largest absolute Gasteiger partial charge is 0.504 e. The Morgan fingerprint density at radius 2 is 1.46 bits per heavy atom. The van der Waals surface area contributed by atoms with E-state index in [1.54, 1.807) is 0 Å². The molecule has 0 saturated heterocycles. The lowest BCUT2D eigenvalue weighted by atomic mass is 10.0. The molecule has 0 unspecified atom stereocenters. The van der Waals surface area contributed by atoms with Crippen molar-refractivity contribution in [3.05, 3.63) is 33.0 Å². The molecule has 4 rings (SSSR count). The highest BCUT2D eigenvalue weighted by molar-refractivity contribution is 6.22. The number of aromatic hydroxyl groups is 2. The molecular formula is C16H10O8. The van der Waals surface area contributed by atoms with Crippen LogP contribution in [0.15, 0.2) is 30.6 Å². The van der Waals surface area contributed by atoms with Gasteiger partial charge in [0.05, 0.1) is 25.0 Å². The number of phenolic OH excluding ortho intramolecular Hbond substituents is 2. The average Bonchev–Trinajstić information content (AvgIpc) is 2.57. The number of phenols is 2.